The van der Waals surface area contributed by atoms with E-state index in [0.29, 0.717) is 38.7 Å². The molecule has 0 unspecified atom stereocenters. The van der Waals surface area contributed by atoms with Crippen molar-refractivity contribution in [2.45, 2.75) is 25.9 Å². The minimum Gasteiger partial charge on any atom is -0.463 e. The molecule has 3 rings (SSSR count). The van der Waals surface area contributed by atoms with Gasteiger partial charge in [-0.15, -0.1) is 0 Å². The van der Waals surface area contributed by atoms with Crippen LogP contribution in [0.4, 0.5) is 0 Å². The second kappa shape index (κ2) is 5.75. The third-order valence-electron chi connectivity index (χ3n) is 4.46. The van der Waals surface area contributed by atoms with E-state index >= 15 is 0 Å². The summed E-state index contributed by atoms with van der Waals surface area (Å²) in [5.74, 6) is 0. The van der Waals surface area contributed by atoms with Gasteiger partial charge in [-0.05, 0) is 25.8 Å². The van der Waals surface area contributed by atoms with E-state index in [2.05, 4.69) is 9.97 Å². The van der Waals surface area contributed by atoms with Crippen molar-refractivity contribution in [3.8, 4) is 6.01 Å². The average Bonchev–Trinajstić information content (AvgIpc) is 2.87. The van der Waals surface area contributed by atoms with Gasteiger partial charge in [0.2, 0.25) is 10.0 Å². The Kier molecular flexibility index (Phi) is 4.09. The van der Waals surface area contributed by atoms with Crippen LogP contribution in [0.1, 0.15) is 18.5 Å². The average molecular weight is 327 g/mol. The molecule has 1 aromatic heterocycles. The first-order valence-electron chi connectivity index (χ1n) is 7.38. The Bertz CT molecular complexity index is 651. The molecule has 0 bridgehead atoms. The van der Waals surface area contributed by atoms with Crippen LogP contribution in [0.15, 0.2) is 12.3 Å². The highest BCUT2D eigenvalue weighted by Gasteiger charge is 2.50. The predicted molar refractivity (Wildman–Crippen MR) is 80.1 cm³/mol. The van der Waals surface area contributed by atoms with E-state index < -0.39 is 10.0 Å². The molecule has 0 saturated carbocycles. The van der Waals surface area contributed by atoms with E-state index in [0.717, 1.165) is 12.1 Å². The van der Waals surface area contributed by atoms with Gasteiger partial charge in [0, 0.05) is 37.0 Å². The Morgan fingerprint density at radius 3 is 3.09 bits per heavy atom. The fourth-order valence-electron chi connectivity index (χ4n) is 3.20. The summed E-state index contributed by atoms with van der Waals surface area (Å²) in [5.41, 5.74) is 0.525. The van der Waals surface area contributed by atoms with E-state index in [9.17, 15) is 8.42 Å². The molecule has 2 saturated heterocycles. The first-order chi connectivity index (χ1) is 10.4. The molecule has 0 amide bonds. The number of hydrogen-bond acceptors (Lipinski definition) is 6. The van der Waals surface area contributed by atoms with Crippen molar-refractivity contribution >= 4 is 10.0 Å². The Balaban J connectivity index is 1.76. The molecule has 8 heteroatoms. The minimum atomic E-state index is -3.20. The summed E-state index contributed by atoms with van der Waals surface area (Å²) in [6, 6.07) is 2.13. The minimum absolute atomic E-state index is 0.0373. The van der Waals surface area contributed by atoms with Crippen molar-refractivity contribution in [1.82, 2.24) is 14.3 Å². The highest BCUT2D eigenvalue weighted by molar-refractivity contribution is 7.88. The molecule has 7 nitrogen and oxygen atoms in total. The maximum Gasteiger partial charge on any atom is 0.316 e. The number of piperidine rings is 1. The van der Waals surface area contributed by atoms with Crippen LogP contribution in [0, 0.1) is 12.3 Å². The number of fused-ring (bicyclic) bond motifs is 1. The fourth-order valence-corrected chi connectivity index (χ4v) is 4.13. The zero-order chi connectivity index (χ0) is 15.8. The van der Waals surface area contributed by atoms with Crippen LogP contribution in [0.25, 0.3) is 0 Å². The maximum absolute atomic E-state index is 11.9. The molecule has 0 spiro atoms. The maximum atomic E-state index is 11.9. The number of aromatic nitrogens is 2. The molecule has 3 heterocycles. The summed E-state index contributed by atoms with van der Waals surface area (Å²) < 4.78 is 36.8. The Labute approximate surface area is 130 Å². The molecule has 22 heavy (non-hydrogen) atoms. The van der Waals surface area contributed by atoms with Gasteiger partial charge in [0.25, 0.3) is 0 Å². The van der Waals surface area contributed by atoms with Crippen LogP contribution in [0.5, 0.6) is 6.01 Å². The largest absolute Gasteiger partial charge is 0.463 e. The quantitative estimate of drug-likeness (QED) is 0.806. The highest BCUT2D eigenvalue weighted by Crippen LogP contribution is 2.41. The smallest absolute Gasteiger partial charge is 0.316 e. The molecular weight excluding hydrogens is 306 g/mol. The molecular formula is C14H21N3O4S. The topological polar surface area (TPSA) is 81.6 Å². The zero-order valence-electron chi connectivity index (χ0n) is 12.9. The van der Waals surface area contributed by atoms with Gasteiger partial charge in [-0.2, -0.15) is 0 Å². The van der Waals surface area contributed by atoms with E-state index in [-0.39, 0.29) is 11.5 Å². The number of hydrogen-bond donors (Lipinski definition) is 0. The number of rotatable bonds is 4. The van der Waals surface area contributed by atoms with Gasteiger partial charge in [-0.25, -0.2) is 22.7 Å². The molecule has 2 atom stereocenters. The second-order valence-electron chi connectivity index (χ2n) is 6.13. The summed E-state index contributed by atoms with van der Waals surface area (Å²) in [5, 5.41) is 0. The molecule has 0 aliphatic carbocycles. The van der Waals surface area contributed by atoms with Crippen molar-refractivity contribution < 1.29 is 17.9 Å². The van der Waals surface area contributed by atoms with Crippen LogP contribution in [-0.4, -0.2) is 61.4 Å². The lowest BCUT2D eigenvalue weighted by molar-refractivity contribution is -0.0206. The fraction of sp³-hybridized carbons (Fsp3) is 0.714. The van der Waals surface area contributed by atoms with Crippen LogP contribution in [-0.2, 0) is 14.8 Å². The lowest BCUT2D eigenvalue weighted by atomic mass is 9.78. The number of nitrogens with zero attached hydrogens (tertiary/aromatic N) is 3. The molecule has 2 aliphatic rings. The lowest BCUT2D eigenvalue weighted by Crippen LogP contribution is -2.53. The van der Waals surface area contributed by atoms with E-state index in [1.54, 1.807) is 12.3 Å². The van der Waals surface area contributed by atoms with Crippen molar-refractivity contribution in [3.63, 3.8) is 0 Å². The summed E-state index contributed by atoms with van der Waals surface area (Å²) in [6.45, 7) is 3.82. The third kappa shape index (κ3) is 3.09. The third-order valence-corrected chi connectivity index (χ3v) is 5.71. The van der Waals surface area contributed by atoms with Crippen LogP contribution in [0.3, 0.4) is 0 Å². The molecule has 122 valence electrons. The van der Waals surface area contributed by atoms with E-state index in [1.807, 2.05) is 6.92 Å². The summed E-state index contributed by atoms with van der Waals surface area (Å²) in [7, 11) is -3.20. The Morgan fingerprint density at radius 1 is 1.55 bits per heavy atom. The van der Waals surface area contributed by atoms with Gasteiger partial charge in [0.05, 0.1) is 12.4 Å². The van der Waals surface area contributed by atoms with Gasteiger partial charge in [-0.3, -0.25) is 0 Å². The summed E-state index contributed by atoms with van der Waals surface area (Å²) in [4.78, 5) is 8.33. The first kappa shape index (κ1) is 15.6. The number of ether oxygens (including phenoxy) is 2. The molecule has 1 aromatic rings. The second-order valence-corrected chi connectivity index (χ2v) is 8.11. The normalized spacial score (nSPS) is 29.3. The van der Waals surface area contributed by atoms with E-state index in [1.165, 1.54) is 10.6 Å². The SMILES string of the molecule is Cc1ccnc(OC[C@@]23CCO[C@@H]2CCN(S(C)(=O)=O)C3)n1. The molecule has 0 radical (unpaired) electrons. The first-order valence-corrected chi connectivity index (χ1v) is 9.23. The predicted octanol–water partition coefficient (Wildman–Crippen LogP) is 0.604. The van der Waals surface area contributed by atoms with Crippen LogP contribution in [0.2, 0.25) is 0 Å². The van der Waals surface area contributed by atoms with Crippen LogP contribution >= 0.6 is 0 Å². The van der Waals surface area contributed by atoms with E-state index in [4.69, 9.17) is 9.47 Å². The molecule has 0 N–H and O–H groups in total. The van der Waals surface area contributed by atoms with Crippen molar-refractivity contribution in [2.24, 2.45) is 5.41 Å². The Morgan fingerprint density at radius 2 is 2.36 bits per heavy atom. The lowest BCUT2D eigenvalue weighted by Gasteiger charge is -2.41. The highest BCUT2D eigenvalue weighted by atomic mass is 32.2. The van der Waals surface area contributed by atoms with Crippen molar-refractivity contribution in [1.29, 1.82) is 0 Å². The molecule has 2 aliphatic heterocycles. The zero-order valence-corrected chi connectivity index (χ0v) is 13.7. The van der Waals surface area contributed by atoms with Gasteiger partial charge >= 0.3 is 6.01 Å². The molecule has 2 fully saturated rings. The van der Waals surface area contributed by atoms with Gasteiger partial charge < -0.3 is 9.47 Å². The van der Waals surface area contributed by atoms with Gasteiger partial charge in [0.1, 0.15) is 6.61 Å². The van der Waals surface area contributed by atoms with Crippen molar-refractivity contribution in [2.75, 3.05) is 32.6 Å². The van der Waals surface area contributed by atoms with Crippen molar-refractivity contribution in [3.05, 3.63) is 18.0 Å². The number of aryl methyl sites for hydroxylation is 1. The summed E-state index contributed by atoms with van der Waals surface area (Å²) in [6.07, 6.45) is 4.43. The number of sulfonamides is 1. The Hall–Kier alpha value is -1.25. The standard InChI is InChI=1S/C14H21N3O4S/c1-11-3-6-15-13(16-11)21-10-14-5-8-20-12(14)4-7-17(9-14)22(2,18)19/h3,6,12H,4-5,7-10H2,1-2H3/t12-,14+/m1/s1. The summed E-state index contributed by atoms with van der Waals surface area (Å²) >= 11 is 0. The van der Waals surface area contributed by atoms with Gasteiger partial charge in [0.15, 0.2) is 0 Å². The van der Waals surface area contributed by atoms with Gasteiger partial charge in [-0.1, -0.05) is 0 Å². The van der Waals surface area contributed by atoms with Crippen LogP contribution < -0.4 is 4.74 Å². The monoisotopic (exact) mass is 327 g/mol. The molecule has 0 aromatic carbocycles.